The van der Waals surface area contributed by atoms with E-state index in [1.54, 1.807) is 0 Å². The monoisotopic (exact) mass is 450 g/mol. The average molecular weight is 450 g/mol. The first-order valence-corrected chi connectivity index (χ1v) is 11.1. The van der Waals surface area contributed by atoms with E-state index in [9.17, 15) is 19.5 Å². The summed E-state index contributed by atoms with van der Waals surface area (Å²) < 4.78 is 10.7. The number of benzene rings is 2. The van der Waals surface area contributed by atoms with Gasteiger partial charge in [0.2, 0.25) is 5.91 Å². The molecule has 33 heavy (non-hydrogen) atoms. The van der Waals surface area contributed by atoms with Crippen molar-refractivity contribution >= 4 is 18.0 Å². The van der Waals surface area contributed by atoms with Crippen molar-refractivity contribution in [1.82, 2.24) is 10.2 Å². The van der Waals surface area contributed by atoms with Crippen LogP contribution < -0.4 is 5.32 Å². The molecule has 2 amide bonds. The van der Waals surface area contributed by atoms with Crippen molar-refractivity contribution < 1.29 is 29.0 Å². The number of ether oxygens (including phenoxy) is 2. The molecule has 2 aromatic rings. The summed E-state index contributed by atoms with van der Waals surface area (Å²) in [7, 11) is 1.43. The van der Waals surface area contributed by atoms with E-state index >= 15 is 0 Å². The molecular weight excluding hydrogens is 424 g/mol. The van der Waals surface area contributed by atoms with E-state index in [1.165, 1.54) is 12.0 Å². The fourth-order valence-electron chi connectivity index (χ4n) is 5.58. The zero-order valence-electron chi connectivity index (χ0n) is 18.3. The number of methoxy groups -OCH3 is 1. The maximum Gasteiger partial charge on any atom is 0.407 e. The van der Waals surface area contributed by atoms with Crippen molar-refractivity contribution in [2.45, 2.75) is 30.3 Å². The van der Waals surface area contributed by atoms with Crippen LogP contribution in [0, 0.1) is 5.92 Å². The first-order valence-electron chi connectivity index (χ1n) is 11.1. The molecule has 6 rings (SSSR count). The summed E-state index contributed by atoms with van der Waals surface area (Å²) in [6.07, 6.45) is 0.181. The molecule has 2 aromatic carbocycles. The molecule has 0 radical (unpaired) electrons. The minimum Gasteiger partial charge on any atom is -0.479 e. The molecule has 8 nitrogen and oxygen atoms in total. The molecule has 4 aliphatic rings. The smallest absolute Gasteiger partial charge is 0.407 e. The average Bonchev–Trinajstić information content (AvgIpc) is 3.45. The Hall–Kier alpha value is -3.39. The Labute approximate surface area is 191 Å². The van der Waals surface area contributed by atoms with Crippen molar-refractivity contribution in [3.8, 4) is 11.1 Å². The minimum absolute atomic E-state index is 0.0695. The van der Waals surface area contributed by atoms with Crippen LogP contribution in [0.15, 0.2) is 48.5 Å². The largest absolute Gasteiger partial charge is 0.479 e. The quantitative estimate of drug-likeness (QED) is 0.672. The molecule has 0 aromatic heterocycles. The van der Waals surface area contributed by atoms with Crippen molar-refractivity contribution in [2.24, 2.45) is 5.92 Å². The lowest BCUT2D eigenvalue weighted by molar-refractivity contribution is -0.159. The molecule has 8 heteroatoms. The van der Waals surface area contributed by atoms with Gasteiger partial charge < -0.3 is 24.8 Å². The van der Waals surface area contributed by atoms with Crippen LogP contribution in [0.3, 0.4) is 0 Å². The molecule has 2 N–H and O–H groups in total. The molecule has 2 aliphatic carbocycles. The highest BCUT2D eigenvalue weighted by molar-refractivity contribution is 5.93. The lowest BCUT2D eigenvalue weighted by Gasteiger charge is -2.38. The van der Waals surface area contributed by atoms with Crippen molar-refractivity contribution in [3.63, 3.8) is 0 Å². The van der Waals surface area contributed by atoms with Gasteiger partial charge in [0.25, 0.3) is 0 Å². The van der Waals surface area contributed by atoms with E-state index in [2.05, 4.69) is 17.4 Å². The number of fused-ring (bicyclic) bond motifs is 4. The van der Waals surface area contributed by atoms with E-state index in [0.717, 1.165) is 22.3 Å². The predicted molar refractivity (Wildman–Crippen MR) is 119 cm³/mol. The molecule has 0 unspecified atom stereocenters. The lowest BCUT2D eigenvalue weighted by atomic mass is 9.73. The van der Waals surface area contributed by atoms with Crippen LogP contribution in [0.5, 0.6) is 0 Å². The van der Waals surface area contributed by atoms with Gasteiger partial charge >= 0.3 is 12.1 Å². The molecule has 2 saturated heterocycles. The maximum atomic E-state index is 13.1. The van der Waals surface area contributed by atoms with Crippen LogP contribution in [0.2, 0.25) is 0 Å². The third kappa shape index (κ3) is 3.45. The van der Waals surface area contributed by atoms with Gasteiger partial charge in [-0.1, -0.05) is 48.5 Å². The maximum absolute atomic E-state index is 13.1. The number of rotatable bonds is 7. The zero-order valence-corrected chi connectivity index (χ0v) is 18.3. The SMILES string of the molecule is COC[C@H](NC(=O)OCC1c2ccccc2-c2ccccc21)C(=O)N1CC2CC1(C(=O)O)C2. The number of amides is 2. The number of nitrogens with one attached hydrogen (secondary N) is 1. The Balaban J connectivity index is 1.26. The van der Waals surface area contributed by atoms with Crippen LogP contribution in [-0.2, 0) is 19.1 Å². The van der Waals surface area contributed by atoms with E-state index in [-0.39, 0.29) is 25.0 Å². The van der Waals surface area contributed by atoms with E-state index < -0.39 is 29.6 Å². The van der Waals surface area contributed by atoms with Crippen LogP contribution in [0.4, 0.5) is 4.79 Å². The second kappa shape index (κ2) is 8.19. The number of alkyl carbamates (subject to hydrolysis) is 1. The van der Waals surface area contributed by atoms with Gasteiger partial charge in [-0.05, 0) is 41.0 Å². The highest BCUT2D eigenvalue weighted by Gasteiger charge is 2.63. The molecule has 1 saturated carbocycles. The minimum atomic E-state index is -1.16. The Kier molecular flexibility index (Phi) is 5.32. The molecule has 172 valence electrons. The van der Waals surface area contributed by atoms with Crippen molar-refractivity contribution in [1.29, 1.82) is 0 Å². The summed E-state index contributed by atoms with van der Waals surface area (Å²) >= 11 is 0. The second-order valence-corrected chi connectivity index (χ2v) is 9.04. The highest BCUT2D eigenvalue weighted by Crippen LogP contribution is 2.51. The topological polar surface area (TPSA) is 105 Å². The standard InChI is InChI=1S/C25H26N2O6/c1-32-14-21(22(28)27-12-15-10-25(27,11-15)23(29)30)26-24(31)33-13-20-18-8-4-2-6-16(18)17-7-3-5-9-19(17)20/h2-9,15,20-21H,10-14H2,1H3,(H,26,31)(H,29,30)/t15?,21-,25?/m0/s1. The summed E-state index contributed by atoms with van der Waals surface area (Å²) in [4.78, 5) is 39.0. The first kappa shape index (κ1) is 21.5. The fourth-order valence-corrected chi connectivity index (χ4v) is 5.58. The number of carboxylic acid groups (broad SMARTS) is 1. The highest BCUT2D eigenvalue weighted by atomic mass is 16.5. The van der Waals surface area contributed by atoms with E-state index in [0.29, 0.717) is 19.4 Å². The Morgan fingerprint density at radius 3 is 2.27 bits per heavy atom. The number of hydrogen-bond donors (Lipinski definition) is 2. The van der Waals surface area contributed by atoms with Crippen LogP contribution in [0.1, 0.15) is 29.9 Å². The van der Waals surface area contributed by atoms with E-state index in [1.807, 2.05) is 36.4 Å². The van der Waals surface area contributed by atoms with Crippen molar-refractivity contribution in [2.75, 3.05) is 26.9 Å². The molecular formula is C25H26N2O6. The number of carbonyl (C=O) groups is 3. The van der Waals surface area contributed by atoms with Gasteiger partial charge in [-0.2, -0.15) is 0 Å². The molecule has 1 atom stereocenters. The van der Waals surface area contributed by atoms with Crippen LogP contribution in [0.25, 0.3) is 11.1 Å². The van der Waals surface area contributed by atoms with Gasteiger partial charge in [0.05, 0.1) is 6.61 Å². The van der Waals surface area contributed by atoms with Gasteiger partial charge in [0, 0.05) is 19.6 Å². The Bertz CT molecular complexity index is 1060. The molecule has 0 spiro atoms. The van der Waals surface area contributed by atoms with Gasteiger partial charge in [-0.15, -0.1) is 0 Å². The summed E-state index contributed by atoms with van der Waals surface area (Å²) in [5.41, 5.74) is 3.28. The summed E-state index contributed by atoms with van der Waals surface area (Å²) in [6.45, 7) is 0.441. The third-order valence-electron chi connectivity index (χ3n) is 7.14. The number of carbonyl (C=O) groups excluding carboxylic acids is 2. The molecule has 2 aliphatic heterocycles. The predicted octanol–water partition coefficient (Wildman–Crippen LogP) is 2.62. The van der Waals surface area contributed by atoms with Gasteiger partial charge in [-0.3, -0.25) is 4.79 Å². The number of aliphatic carboxylic acids is 1. The van der Waals surface area contributed by atoms with Gasteiger partial charge in [0.15, 0.2) is 0 Å². The fraction of sp³-hybridized carbons (Fsp3) is 0.400. The van der Waals surface area contributed by atoms with Gasteiger partial charge in [-0.25, -0.2) is 9.59 Å². The van der Waals surface area contributed by atoms with Crippen LogP contribution in [-0.4, -0.2) is 66.4 Å². The number of nitrogens with zero attached hydrogens (tertiary/aromatic N) is 1. The van der Waals surface area contributed by atoms with Crippen molar-refractivity contribution in [3.05, 3.63) is 59.7 Å². The van der Waals surface area contributed by atoms with Gasteiger partial charge in [0.1, 0.15) is 18.2 Å². The molecule has 3 fully saturated rings. The van der Waals surface area contributed by atoms with Crippen LogP contribution >= 0.6 is 0 Å². The second-order valence-electron chi connectivity index (χ2n) is 9.04. The zero-order chi connectivity index (χ0) is 23.2. The summed E-state index contributed by atoms with van der Waals surface area (Å²) in [5, 5.41) is 12.2. The first-order chi connectivity index (χ1) is 15.9. The van der Waals surface area contributed by atoms with E-state index in [4.69, 9.17) is 9.47 Å². The third-order valence-corrected chi connectivity index (χ3v) is 7.14. The molecule has 2 bridgehead atoms. The number of hydrogen-bond acceptors (Lipinski definition) is 5. The Morgan fingerprint density at radius 2 is 1.70 bits per heavy atom. The summed E-state index contributed by atoms with van der Waals surface area (Å²) in [6, 6.07) is 15.1. The normalized spacial score (nSPS) is 23.3. The lowest BCUT2D eigenvalue weighted by Crippen LogP contribution is -2.59. The molecule has 2 heterocycles. The number of carboxylic acids is 1. The Morgan fingerprint density at radius 1 is 1.09 bits per heavy atom. The summed E-state index contributed by atoms with van der Waals surface area (Å²) in [5.74, 6) is -1.35.